The predicted molar refractivity (Wildman–Crippen MR) is 135 cm³/mol. The van der Waals surface area contributed by atoms with E-state index in [1.165, 1.54) is 12.1 Å². The highest BCUT2D eigenvalue weighted by Gasteiger charge is 2.40. The predicted octanol–water partition coefficient (Wildman–Crippen LogP) is 3.46. The SMILES string of the molecule is Cc1n[nH]c(C(=O)N2CCN(C(=O)c3cn4nc(-c5ccc(F)cc5)cc(C(C)C)c4n3)C(C)(C)C2)n1. The Morgan fingerprint density at radius 1 is 1.08 bits per heavy atom. The van der Waals surface area contributed by atoms with Crippen LogP contribution in [0.1, 0.15) is 66.1 Å². The fourth-order valence-corrected chi connectivity index (χ4v) is 4.72. The maximum Gasteiger partial charge on any atom is 0.291 e. The van der Waals surface area contributed by atoms with E-state index in [1.54, 1.807) is 39.6 Å². The van der Waals surface area contributed by atoms with Crippen molar-refractivity contribution in [2.24, 2.45) is 0 Å². The minimum Gasteiger partial charge on any atom is -0.332 e. The van der Waals surface area contributed by atoms with Crippen LogP contribution in [-0.4, -0.2) is 76.6 Å². The Labute approximate surface area is 213 Å². The van der Waals surface area contributed by atoms with Crippen LogP contribution in [0.3, 0.4) is 0 Å². The highest BCUT2D eigenvalue weighted by Crippen LogP contribution is 2.28. The lowest BCUT2D eigenvalue weighted by atomic mass is 9.98. The number of carbonyl (C=O) groups is 2. The molecule has 0 bridgehead atoms. The molecule has 1 aliphatic heterocycles. The van der Waals surface area contributed by atoms with E-state index in [0.717, 1.165) is 11.1 Å². The van der Waals surface area contributed by atoms with Crippen LogP contribution in [0.5, 0.6) is 0 Å². The molecule has 5 rings (SSSR count). The number of H-pyrrole nitrogens is 1. The molecule has 4 heterocycles. The van der Waals surface area contributed by atoms with Gasteiger partial charge in [0.1, 0.15) is 17.3 Å². The molecular formula is C26H29FN8O2. The maximum absolute atomic E-state index is 13.7. The number of piperazine rings is 1. The van der Waals surface area contributed by atoms with Crippen molar-refractivity contribution in [2.75, 3.05) is 19.6 Å². The molecule has 10 nitrogen and oxygen atoms in total. The molecule has 3 aromatic heterocycles. The second kappa shape index (κ2) is 9.06. The topological polar surface area (TPSA) is 112 Å². The van der Waals surface area contributed by atoms with Crippen molar-refractivity contribution in [1.29, 1.82) is 0 Å². The first-order valence-electron chi connectivity index (χ1n) is 12.2. The average molecular weight is 505 g/mol. The summed E-state index contributed by atoms with van der Waals surface area (Å²) in [5, 5.41) is 11.3. The monoisotopic (exact) mass is 504 g/mol. The first-order valence-corrected chi connectivity index (χ1v) is 12.2. The quantitative estimate of drug-likeness (QED) is 0.456. The Morgan fingerprint density at radius 3 is 2.43 bits per heavy atom. The Hall–Kier alpha value is -4.15. The molecule has 0 aliphatic carbocycles. The van der Waals surface area contributed by atoms with Crippen molar-refractivity contribution >= 4 is 17.5 Å². The molecule has 37 heavy (non-hydrogen) atoms. The number of hydrogen-bond acceptors (Lipinski definition) is 6. The highest BCUT2D eigenvalue weighted by molar-refractivity contribution is 5.94. The van der Waals surface area contributed by atoms with Gasteiger partial charge in [0.15, 0.2) is 5.65 Å². The third-order valence-electron chi connectivity index (χ3n) is 6.67. The van der Waals surface area contributed by atoms with Crippen molar-refractivity contribution < 1.29 is 14.0 Å². The number of nitrogens with one attached hydrogen (secondary N) is 1. The lowest BCUT2D eigenvalue weighted by molar-refractivity contribution is 0.0160. The lowest BCUT2D eigenvalue weighted by Crippen LogP contribution is -2.62. The number of aromatic amines is 1. The van der Waals surface area contributed by atoms with Gasteiger partial charge in [-0.05, 0) is 57.0 Å². The molecule has 1 aromatic carbocycles. The molecule has 1 fully saturated rings. The second-order valence-electron chi connectivity index (χ2n) is 10.3. The number of aromatic nitrogens is 6. The number of aryl methyl sites for hydroxylation is 1. The van der Waals surface area contributed by atoms with Crippen molar-refractivity contribution in [3.05, 3.63) is 65.3 Å². The lowest BCUT2D eigenvalue weighted by Gasteiger charge is -2.46. The molecule has 2 amide bonds. The summed E-state index contributed by atoms with van der Waals surface area (Å²) in [6.45, 7) is 10.7. The van der Waals surface area contributed by atoms with Gasteiger partial charge >= 0.3 is 0 Å². The smallest absolute Gasteiger partial charge is 0.291 e. The Balaban J connectivity index is 1.43. The van der Waals surface area contributed by atoms with Crippen LogP contribution in [-0.2, 0) is 0 Å². The van der Waals surface area contributed by atoms with Crippen LogP contribution in [0.25, 0.3) is 16.9 Å². The number of hydrogen-bond donors (Lipinski definition) is 1. The fraction of sp³-hybridized carbons (Fsp3) is 0.385. The van der Waals surface area contributed by atoms with Crippen LogP contribution < -0.4 is 0 Å². The second-order valence-corrected chi connectivity index (χ2v) is 10.3. The Kier molecular flexibility index (Phi) is 6.01. The number of nitrogens with zero attached hydrogens (tertiary/aromatic N) is 7. The van der Waals surface area contributed by atoms with Crippen LogP contribution in [0, 0.1) is 12.7 Å². The van der Waals surface area contributed by atoms with Gasteiger partial charge in [0.05, 0.1) is 17.4 Å². The van der Waals surface area contributed by atoms with Gasteiger partial charge in [0, 0.05) is 30.8 Å². The minimum atomic E-state index is -0.635. The molecule has 0 atom stereocenters. The third-order valence-corrected chi connectivity index (χ3v) is 6.67. The molecule has 0 unspecified atom stereocenters. The van der Waals surface area contributed by atoms with Crippen LogP contribution in [0.15, 0.2) is 36.5 Å². The molecule has 4 aromatic rings. The van der Waals surface area contributed by atoms with Crippen LogP contribution in [0.2, 0.25) is 0 Å². The largest absolute Gasteiger partial charge is 0.332 e. The maximum atomic E-state index is 13.7. The number of halogens is 1. The van der Waals surface area contributed by atoms with Gasteiger partial charge in [0.2, 0.25) is 5.82 Å². The van der Waals surface area contributed by atoms with Crippen molar-refractivity contribution in [3.8, 4) is 11.3 Å². The molecule has 11 heteroatoms. The van der Waals surface area contributed by atoms with Gasteiger partial charge in [-0.3, -0.25) is 14.7 Å². The van der Waals surface area contributed by atoms with Crippen molar-refractivity contribution in [2.45, 2.75) is 46.1 Å². The van der Waals surface area contributed by atoms with Gasteiger partial charge in [0.25, 0.3) is 11.8 Å². The highest BCUT2D eigenvalue weighted by atomic mass is 19.1. The average Bonchev–Trinajstić information content (AvgIpc) is 3.48. The van der Waals surface area contributed by atoms with E-state index in [2.05, 4.69) is 39.1 Å². The Bertz CT molecular complexity index is 1490. The number of benzene rings is 1. The number of amides is 2. The van der Waals surface area contributed by atoms with Crippen LogP contribution >= 0.6 is 0 Å². The summed E-state index contributed by atoms with van der Waals surface area (Å²) >= 11 is 0. The number of rotatable bonds is 4. The summed E-state index contributed by atoms with van der Waals surface area (Å²) < 4.78 is 15.1. The van der Waals surface area contributed by atoms with Crippen molar-refractivity contribution in [1.82, 2.24) is 39.6 Å². The first kappa shape index (κ1) is 24.5. The van der Waals surface area contributed by atoms with E-state index in [9.17, 15) is 14.0 Å². The van der Waals surface area contributed by atoms with E-state index < -0.39 is 5.54 Å². The Morgan fingerprint density at radius 2 is 1.81 bits per heavy atom. The molecule has 0 saturated carbocycles. The minimum absolute atomic E-state index is 0.126. The van der Waals surface area contributed by atoms with Gasteiger partial charge in [-0.2, -0.15) is 10.2 Å². The number of imidazole rings is 1. The van der Waals surface area contributed by atoms with Crippen molar-refractivity contribution in [3.63, 3.8) is 0 Å². The molecule has 1 aliphatic rings. The number of carbonyl (C=O) groups excluding carboxylic acids is 2. The van der Waals surface area contributed by atoms with E-state index >= 15 is 0 Å². The fourth-order valence-electron chi connectivity index (χ4n) is 4.72. The summed E-state index contributed by atoms with van der Waals surface area (Å²) in [6, 6.07) is 8.10. The van der Waals surface area contributed by atoms with E-state index in [0.29, 0.717) is 36.8 Å². The zero-order valence-electron chi connectivity index (χ0n) is 21.5. The molecular weight excluding hydrogens is 475 g/mol. The van der Waals surface area contributed by atoms with E-state index in [4.69, 9.17) is 0 Å². The summed E-state index contributed by atoms with van der Waals surface area (Å²) in [5.41, 5.74) is 2.63. The summed E-state index contributed by atoms with van der Waals surface area (Å²) in [4.78, 5) is 38.8. The van der Waals surface area contributed by atoms with E-state index in [-0.39, 0.29) is 35.1 Å². The third kappa shape index (κ3) is 4.56. The van der Waals surface area contributed by atoms with Gasteiger partial charge in [-0.1, -0.05) is 13.8 Å². The van der Waals surface area contributed by atoms with E-state index in [1.807, 2.05) is 19.9 Å². The zero-order valence-corrected chi connectivity index (χ0v) is 21.5. The number of fused-ring (bicyclic) bond motifs is 1. The first-order chi connectivity index (χ1) is 17.5. The summed E-state index contributed by atoms with van der Waals surface area (Å²) in [5.74, 6) is 0.0345. The summed E-state index contributed by atoms with van der Waals surface area (Å²) in [7, 11) is 0. The normalized spacial score (nSPS) is 15.5. The van der Waals surface area contributed by atoms with Crippen LogP contribution in [0.4, 0.5) is 4.39 Å². The van der Waals surface area contributed by atoms with Gasteiger partial charge in [-0.15, -0.1) is 0 Å². The van der Waals surface area contributed by atoms with Gasteiger partial charge < -0.3 is 9.80 Å². The molecule has 192 valence electrons. The standard InChI is InChI=1S/C26H29FN8O2/c1-15(2)19-12-20(17-6-8-18(27)9-7-17)32-35-13-21(29-23(19)35)24(36)34-11-10-33(14-26(34,4)5)25(37)22-28-16(3)30-31-22/h6-9,12-13,15H,10-11,14H2,1-5H3,(H,28,30,31). The molecule has 0 radical (unpaired) electrons. The van der Waals surface area contributed by atoms with Gasteiger partial charge in [-0.25, -0.2) is 18.9 Å². The summed E-state index contributed by atoms with van der Waals surface area (Å²) in [6.07, 6.45) is 1.64. The zero-order chi connectivity index (χ0) is 26.5. The molecule has 1 N–H and O–H groups in total. The molecule has 1 saturated heterocycles. The molecule has 0 spiro atoms.